The van der Waals surface area contributed by atoms with Gasteiger partial charge in [-0.05, 0) is 5.92 Å². The predicted octanol–water partition coefficient (Wildman–Crippen LogP) is 0.352. The zero-order valence-corrected chi connectivity index (χ0v) is 5.59. The maximum atomic E-state index is 8.51. The van der Waals surface area contributed by atoms with Crippen LogP contribution in [0, 0.1) is 5.92 Å². The molecule has 8 heavy (non-hydrogen) atoms. The largest absolute Gasteiger partial charge is 0.395 e. The van der Waals surface area contributed by atoms with Gasteiger partial charge in [0, 0.05) is 6.04 Å². The highest BCUT2D eigenvalue weighted by Gasteiger charge is 2.07. The van der Waals surface area contributed by atoms with Crippen LogP contribution in [0.15, 0.2) is 0 Å². The van der Waals surface area contributed by atoms with Crippen molar-refractivity contribution in [2.45, 2.75) is 26.3 Å². The molecular weight excluding hydrogens is 102 g/mol. The summed E-state index contributed by atoms with van der Waals surface area (Å²) in [5.41, 5.74) is 5.48. The van der Waals surface area contributed by atoms with Crippen LogP contribution in [0.2, 0.25) is 0 Å². The maximum Gasteiger partial charge on any atom is 0.0585 e. The minimum atomic E-state index is -0.0278. The third kappa shape index (κ3) is 2.28. The lowest BCUT2D eigenvalue weighted by molar-refractivity contribution is 0.230. The minimum absolute atomic E-state index is 0.0278. The number of nitrogens with two attached hydrogens (primary N) is 1. The molecule has 2 nitrogen and oxygen atoms in total. The van der Waals surface area contributed by atoms with E-state index in [0.717, 1.165) is 6.42 Å². The summed E-state index contributed by atoms with van der Waals surface area (Å²) in [7, 11) is 0. The number of hydrogen-bond donors (Lipinski definition) is 2. The van der Waals surface area contributed by atoms with Crippen molar-refractivity contribution in [2.24, 2.45) is 11.7 Å². The van der Waals surface area contributed by atoms with Crippen LogP contribution >= 0.6 is 0 Å². The third-order valence-corrected chi connectivity index (χ3v) is 1.59. The van der Waals surface area contributed by atoms with Gasteiger partial charge in [-0.1, -0.05) is 20.3 Å². The molecule has 0 saturated carbocycles. The Morgan fingerprint density at radius 1 is 1.62 bits per heavy atom. The van der Waals surface area contributed by atoms with Crippen molar-refractivity contribution >= 4 is 0 Å². The first-order valence-electron chi connectivity index (χ1n) is 3.08. The van der Waals surface area contributed by atoms with Gasteiger partial charge in [0.1, 0.15) is 0 Å². The fraction of sp³-hybridized carbons (Fsp3) is 1.00. The van der Waals surface area contributed by atoms with Crippen LogP contribution in [-0.2, 0) is 0 Å². The van der Waals surface area contributed by atoms with Gasteiger partial charge in [0.2, 0.25) is 0 Å². The molecule has 0 unspecified atom stereocenters. The average molecular weight is 117 g/mol. The summed E-state index contributed by atoms with van der Waals surface area (Å²) in [6.07, 6.45) is 1.04. The Hall–Kier alpha value is -0.0800. The third-order valence-electron chi connectivity index (χ3n) is 1.59. The van der Waals surface area contributed by atoms with Crippen LogP contribution < -0.4 is 5.73 Å². The molecule has 3 N–H and O–H groups in total. The van der Waals surface area contributed by atoms with E-state index in [0.29, 0.717) is 5.92 Å². The van der Waals surface area contributed by atoms with E-state index in [1.54, 1.807) is 0 Å². The van der Waals surface area contributed by atoms with Crippen LogP contribution in [0.25, 0.3) is 0 Å². The summed E-state index contributed by atoms with van der Waals surface area (Å²) in [5.74, 6) is 0.444. The van der Waals surface area contributed by atoms with E-state index in [-0.39, 0.29) is 12.6 Å². The Morgan fingerprint density at radius 3 is 2.25 bits per heavy atom. The Kier molecular flexibility index (Phi) is 3.83. The van der Waals surface area contributed by atoms with Gasteiger partial charge >= 0.3 is 0 Å². The Morgan fingerprint density at radius 2 is 2.12 bits per heavy atom. The highest BCUT2D eigenvalue weighted by atomic mass is 16.3. The van der Waals surface area contributed by atoms with E-state index in [1.807, 2.05) is 6.92 Å². The van der Waals surface area contributed by atoms with Gasteiger partial charge in [-0.3, -0.25) is 0 Å². The first-order chi connectivity index (χ1) is 3.72. The molecule has 0 radical (unpaired) electrons. The molecule has 0 bridgehead atoms. The van der Waals surface area contributed by atoms with E-state index >= 15 is 0 Å². The maximum absolute atomic E-state index is 8.51. The smallest absolute Gasteiger partial charge is 0.0585 e. The predicted molar refractivity (Wildman–Crippen MR) is 34.5 cm³/mol. The molecule has 0 heterocycles. The second-order valence-electron chi connectivity index (χ2n) is 2.23. The lowest BCUT2D eigenvalue weighted by Gasteiger charge is -2.14. The zero-order chi connectivity index (χ0) is 6.57. The van der Waals surface area contributed by atoms with E-state index in [4.69, 9.17) is 10.8 Å². The van der Waals surface area contributed by atoms with Gasteiger partial charge < -0.3 is 10.8 Å². The number of hydrogen-bond acceptors (Lipinski definition) is 2. The molecule has 0 fully saturated rings. The Balaban J connectivity index is 3.29. The van der Waals surface area contributed by atoms with E-state index in [1.165, 1.54) is 0 Å². The molecule has 0 aromatic heterocycles. The van der Waals surface area contributed by atoms with Crippen molar-refractivity contribution in [1.29, 1.82) is 0 Å². The second kappa shape index (κ2) is 3.87. The highest BCUT2D eigenvalue weighted by Crippen LogP contribution is 2.03. The van der Waals surface area contributed by atoms with Crippen LogP contribution in [0.3, 0.4) is 0 Å². The van der Waals surface area contributed by atoms with Crippen molar-refractivity contribution < 1.29 is 5.11 Å². The van der Waals surface area contributed by atoms with Gasteiger partial charge in [-0.25, -0.2) is 0 Å². The monoisotopic (exact) mass is 117 g/mol. The summed E-state index contributed by atoms with van der Waals surface area (Å²) in [6.45, 7) is 4.22. The molecule has 0 aliphatic rings. The molecule has 50 valence electrons. The van der Waals surface area contributed by atoms with Crippen molar-refractivity contribution in [3.05, 3.63) is 0 Å². The SMILES string of the molecule is CC[C@@H](C)[C@H](N)CO. The normalized spacial score (nSPS) is 18.0. The minimum Gasteiger partial charge on any atom is -0.395 e. The van der Waals surface area contributed by atoms with Gasteiger partial charge in [0.15, 0.2) is 0 Å². The topological polar surface area (TPSA) is 46.2 Å². The lowest BCUT2D eigenvalue weighted by Crippen LogP contribution is -2.31. The molecular formula is C6H15NO. The number of rotatable bonds is 3. The number of aliphatic hydroxyl groups is 1. The molecule has 0 aromatic carbocycles. The van der Waals surface area contributed by atoms with E-state index in [2.05, 4.69) is 6.92 Å². The summed E-state index contributed by atoms with van der Waals surface area (Å²) >= 11 is 0. The molecule has 2 atom stereocenters. The van der Waals surface area contributed by atoms with Crippen LogP contribution in [0.4, 0.5) is 0 Å². The summed E-state index contributed by atoms with van der Waals surface area (Å²) in [5, 5.41) is 8.51. The number of aliphatic hydroxyl groups excluding tert-OH is 1. The molecule has 0 saturated heterocycles. The quantitative estimate of drug-likeness (QED) is 0.560. The molecule has 0 spiro atoms. The van der Waals surface area contributed by atoms with Gasteiger partial charge in [-0.15, -0.1) is 0 Å². The van der Waals surface area contributed by atoms with Crippen molar-refractivity contribution in [1.82, 2.24) is 0 Å². The second-order valence-corrected chi connectivity index (χ2v) is 2.23. The van der Waals surface area contributed by atoms with Gasteiger partial charge in [-0.2, -0.15) is 0 Å². The Labute approximate surface area is 50.7 Å². The summed E-state index contributed by atoms with van der Waals surface area (Å²) < 4.78 is 0. The van der Waals surface area contributed by atoms with E-state index in [9.17, 15) is 0 Å². The molecule has 0 aliphatic heterocycles. The molecule has 0 aromatic rings. The van der Waals surface area contributed by atoms with Crippen molar-refractivity contribution in [2.75, 3.05) is 6.61 Å². The average Bonchev–Trinajstić information content (AvgIpc) is 1.84. The standard InChI is InChI=1S/C6H15NO/c1-3-5(2)6(7)4-8/h5-6,8H,3-4,7H2,1-2H3/t5-,6-/m1/s1. The highest BCUT2D eigenvalue weighted by molar-refractivity contribution is 4.64. The molecule has 2 heteroatoms. The van der Waals surface area contributed by atoms with Crippen molar-refractivity contribution in [3.8, 4) is 0 Å². The fourth-order valence-corrected chi connectivity index (χ4v) is 0.483. The van der Waals surface area contributed by atoms with Crippen molar-refractivity contribution in [3.63, 3.8) is 0 Å². The van der Waals surface area contributed by atoms with E-state index < -0.39 is 0 Å². The molecule has 0 amide bonds. The van der Waals surface area contributed by atoms with Crippen LogP contribution in [0.5, 0.6) is 0 Å². The summed E-state index contributed by atoms with van der Waals surface area (Å²) in [4.78, 5) is 0. The van der Waals surface area contributed by atoms with Crippen LogP contribution in [-0.4, -0.2) is 17.8 Å². The van der Waals surface area contributed by atoms with Crippen LogP contribution in [0.1, 0.15) is 20.3 Å². The first kappa shape index (κ1) is 7.92. The molecule has 0 aliphatic carbocycles. The van der Waals surface area contributed by atoms with Gasteiger partial charge in [0.05, 0.1) is 6.61 Å². The summed E-state index contributed by atoms with van der Waals surface area (Å²) in [6, 6.07) is -0.0278. The zero-order valence-electron chi connectivity index (χ0n) is 5.59. The lowest BCUT2D eigenvalue weighted by atomic mass is 10.0. The first-order valence-corrected chi connectivity index (χ1v) is 3.08. The molecule has 0 rings (SSSR count). The fourth-order valence-electron chi connectivity index (χ4n) is 0.483. The van der Waals surface area contributed by atoms with Gasteiger partial charge in [0.25, 0.3) is 0 Å². The Bertz CT molecular complexity index is 48.5.